The number of anilines is 1. The first-order valence-electron chi connectivity index (χ1n) is 7.65. The third kappa shape index (κ3) is 4.38. The maximum atomic E-state index is 12.3. The fraction of sp³-hybridized carbons (Fsp3) is 0.389. The van der Waals surface area contributed by atoms with Crippen molar-refractivity contribution in [1.29, 1.82) is 0 Å². The van der Waals surface area contributed by atoms with E-state index in [1.807, 2.05) is 26.0 Å². The Bertz CT molecular complexity index is 635. The number of aromatic nitrogens is 2. The molecule has 1 N–H and O–H groups in total. The first-order valence-corrected chi connectivity index (χ1v) is 7.65. The molecule has 0 fully saturated rings. The minimum atomic E-state index is -0.239. The van der Waals surface area contributed by atoms with Crippen molar-refractivity contribution in [2.24, 2.45) is 5.92 Å². The lowest BCUT2D eigenvalue weighted by Crippen LogP contribution is -2.20. The molecule has 1 atom stereocenters. The minimum absolute atomic E-state index is 0.0952. The van der Waals surface area contributed by atoms with E-state index in [9.17, 15) is 4.79 Å². The number of nitrogens with zero attached hydrogens (tertiary/aromatic N) is 2. The SMILES string of the molecule is Cc1ccnc(NC(=O)C(C)c2ccc(CC(C)C)cc2)n1. The Hall–Kier alpha value is -2.23. The summed E-state index contributed by atoms with van der Waals surface area (Å²) in [5, 5.41) is 2.77. The molecule has 0 aliphatic carbocycles. The van der Waals surface area contributed by atoms with E-state index in [0.29, 0.717) is 11.9 Å². The van der Waals surface area contributed by atoms with Crippen LogP contribution in [0.5, 0.6) is 0 Å². The van der Waals surface area contributed by atoms with E-state index in [-0.39, 0.29) is 11.8 Å². The summed E-state index contributed by atoms with van der Waals surface area (Å²) in [6.45, 7) is 8.16. The summed E-state index contributed by atoms with van der Waals surface area (Å²) >= 11 is 0. The summed E-state index contributed by atoms with van der Waals surface area (Å²) in [5.41, 5.74) is 3.13. The summed E-state index contributed by atoms with van der Waals surface area (Å²) < 4.78 is 0. The molecule has 0 bridgehead atoms. The van der Waals surface area contributed by atoms with Crippen molar-refractivity contribution in [2.45, 2.75) is 40.0 Å². The molecule has 1 heterocycles. The van der Waals surface area contributed by atoms with E-state index in [2.05, 4.69) is 41.3 Å². The summed E-state index contributed by atoms with van der Waals surface area (Å²) in [4.78, 5) is 20.5. The molecule has 1 aromatic heterocycles. The lowest BCUT2D eigenvalue weighted by atomic mass is 9.96. The number of hydrogen-bond acceptors (Lipinski definition) is 3. The van der Waals surface area contributed by atoms with E-state index in [4.69, 9.17) is 0 Å². The van der Waals surface area contributed by atoms with Crippen LogP contribution in [-0.2, 0) is 11.2 Å². The quantitative estimate of drug-likeness (QED) is 0.915. The van der Waals surface area contributed by atoms with Gasteiger partial charge in [-0.15, -0.1) is 0 Å². The predicted octanol–water partition coefficient (Wildman–Crippen LogP) is 3.73. The summed E-state index contributed by atoms with van der Waals surface area (Å²) in [5.74, 6) is 0.651. The first kappa shape index (κ1) is 16.1. The standard InChI is InChI=1S/C18H23N3O/c1-12(2)11-15-5-7-16(8-6-15)14(4)17(22)21-18-19-10-9-13(3)20-18/h5-10,12,14H,11H2,1-4H3,(H,19,20,21,22). The Morgan fingerprint density at radius 1 is 1.14 bits per heavy atom. The fourth-order valence-corrected chi connectivity index (χ4v) is 2.29. The van der Waals surface area contributed by atoms with Crippen LogP contribution in [0.3, 0.4) is 0 Å². The molecule has 1 aromatic carbocycles. The second-order valence-corrected chi connectivity index (χ2v) is 6.07. The molecule has 116 valence electrons. The van der Waals surface area contributed by atoms with Gasteiger partial charge in [-0.3, -0.25) is 10.1 Å². The molecule has 4 heteroatoms. The highest BCUT2D eigenvalue weighted by Crippen LogP contribution is 2.19. The number of nitrogens with one attached hydrogen (secondary N) is 1. The minimum Gasteiger partial charge on any atom is -0.294 e. The van der Waals surface area contributed by atoms with E-state index in [1.165, 1.54) is 5.56 Å². The van der Waals surface area contributed by atoms with Crippen molar-refractivity contribution < 1.29 is 4.79 Å². The number of aryl methyl sites for hydroxylation is 1. The zero-order valence-corrected chi connectivity index (χ0v) is 13.6. The van der Waals surface area contributed by atoms with Gasteiger partial charge in [0.15, 0.2) is 0 Å². The number of carbonyl (C=O) groups is 1. The molecule has 22 heavy (non-hydrogen) atoms. The van der Waals surface area contributed by atoms with E-state index in [0.717, 1.165) is 17.7 Å². The lowest BCUT2D eigenvalue weighted by Gasteiger charge is -2.13. The smallest absolute Gasteiger partial charge is 0.233 e. The molecule has 0 aliphatic rings. The third-order valence-electron chi connectivity index (χ3n) is 3.55. The van der Waals surface area contributed by atoms with Crippen LogP contribution < -0.4 is 5.32 Å². The van der Waals surface area contributed by atoms with Crippen LogP contribution in [0.25, 0.3) is 0 Å². The van der Waals surface area contributed by atoms with Gasteiger partial charge in [-0.05, 0) is 43.4 Å². The molecule has 2 aromatic rings. The van der Waals surface area contributed by atoms with Crippen molar-refractivity contribution in [1.82, 2.24) is 9.97 Å². The average molecular weight is 297 g/mol. The van der Waals surface area contributed by atoms with E-state index in [1.54, 1.807) is 12.3 Å². The second-order valence-electron chi connectivity index (χ2n) is 6.07. The molecule has 1 unspecified atom stereocenters. The molecule has 0 aliphatic heterocycles. The predicted molar refractivity (Wildman–Crippen MR) is 88.8 cm³/mol. The highest BCUT2D eigenvalue weighted by molar-refractivity contribution is 5.94. The monoisotopic (exact) mass is 297 g/mol. The largest absolute Gasteiger partial charge is 0.294 e. The van der Waals surface area contributed by atoms with Crippen molar-refractivity contribution in [3.05, 3.63) is 53.3 Å². The van der Waals surface area contributed by atoms with Crippen LogP contribution in [0.4, 0.5) is 5.95 Å². The number of rotatable bonds is 5. The summed E-state index contributed by atoms with van der Waals surface area (Å²) in [6, 6.07) is 10.1. The van der Waals surface area contributed by atoms with Crippen molar-refractivity contribution >= 4 is 11.9 Å². The number of carbonyl (C=O) groups excluding carboxylic acids is 1. The number of hydrogen-bond donors (Lipinski definition) is 1. The summed E-state index contributed by atoms with van der Waals surface area (Å²) in [6.07, 6.45) is 2.70. The Kier molecular flexibility index (Phi) is 5.26. The van der Waals surface area contributed by atoms with Gasteiger partial charge in [-0.2, -0.15) is 0 Å². The Morgan fingerprint density at radius 2 is 1.82 bits per heavy atom. The van der Waals surface area contributed by atoms with Gasteiger partial charge in [0.1, 0.15) is 0 Å². The zero-order valence-electron chi connectivity index (χ0n) is 13.6. The van der Waals surface area contributed by atoms with Gasteiger partial charge < -0.3 is 0 Å². The van der Waals surface area contributed by atoms with Gasteiger partial charge >= 0.3 is 0 Å². The Balaban J connectivity index is 2.03. The van der Waals surface area contributed by atoms with Crippen LogP contribution in [0.15, 0.2) is 36.5 Å². The Morgan fingerprint density at radius 3 is 2.41 bits per heavy atom. The molecule has 4 nitrogen and oxygen atoms in total. The first-order chi connectivity index (χ1) is 10.5. The van der Waals surface area contributed by atoms with Crippen LogP contribution in [0, 0.1) is 12.8 Å². The van der Waals surface area contributed by atoms with Gasteiger partial charge in [0.05, 0.1) is 5.92 Å². The highest BCUT2D eigenvalue weighted by atomic mass is 16.2. The van der Waals surface area contributed by atoms with Gasteiger partial charge in [0.2, 0.25) is 11.9 Å². The van der Waals surface area contributed by atoms with Gasteiger partial charge in [-0.25, -0.2) is 9.97 Å². The highest BCUT2D eigenvalue weighted by Gasteiger charge is 2.16. The molecule has 0 spiro atoms. The van der Waals surface area contributed by atoms with E-state index >= 15 is 0 Å². The molecule has 0 saturated heterocycles. The molecule has 0 saturated carbocycles. The third-order valence-corrected chi connectivity index (χ3v) is 3.55. The molecule has 2 rings (SSSR count). The average Bonchev–Trinajstić information content (AvgIpc) is 2.46. The van der Waals surface area contributed by atoms with Gasteiger partial charge in [-0.1, -0.05) is 38.1 Å². The topological polar surface area (TPSA) is 54.9 Å². The number of benzene rings is 1. The molecular weight excluding hydrogens is 274 g/mol. The molecule has 1 amide bonds. The Labute approximate surface area is 132 Å². The maximum Gasteiger partial charge on any atom is 0.233 e. The zero-order chi connectivity index (χ0) is 16.1. The van der Waals surface area contributed by atoms with Crippen LogP contribution in [-0.4, -0.2) is 15.9 Å². The van der Waals surface area contributed by atoms with Gasteiger partial charge in [0.25, 0.3) is 0 Å². The fourth-order valence-electron chi connectivity index (χ4n) is 2.29. The van der Waals surface area contributed by atoms with Gasteiger partial charge in [0, 0.05) is 11.9 Å². The molecular formula is C18H23N3O. The van der Waals surface area contributed by atoms with Crippen LogP contribution in [0.1, 0.15) is 43.5 Å². The summed E-state index contributed by atoms with van der Waals surface area (Å²) in [7, 11) is 0. The lowest BCUT2D eigenvalue weighted by molar-refractivity contribution is -0.117. The van der Waals surface area contributed by atoms with Crippen molar-refractivity contribution in [3.8, 4) is 0 Å². The maximum absolute atomic E-state index is 12.3. The normalized spacial score (nSPS) is 12.2. The second kappa shape index (κ2) is 7.16. The van der Waals surface area contributed by atoms with Crippen molar-refractivity contribution in [3.63, 3.8) is 0 Å². The molecule has 0 radical (unpaired) electrons. The van der Waals surface area contributed by atoms with Crippen LogP contribution in [0.2, 0.25) is 0 Å². The van der Waals surface area contributed by atoms with Crippen molar-refractivity contribution in [2.75, 3.05) is 5.32 Å². The van der Waals surface area contributed by atoms with E-state index < -0.39 is 0 Å². The van der Waals surface area contributed by atoms with Crippen LogP contribution >= 0.6 is 0 Å². The number of amides is 1.